The molecular weight excluding hydrogens is 502 g/mol. The molecule has 0 spiro atoms. The lowest BCUT2D eigenvalue weighted by Crippen LogP contribution is -2.09. The maximum atomic E-state index is 12.6. The number of rotatable bonds is 9. The summed E-state index contributed by atoms with van der Waals surface area (Å²) < 4.78 is 21.1. The molecule has 184 valence electrons. The van der Waals surface area contributed by atoms with Gasteiger partial charge in [0.2, 0.25) is 6.79 Å². The van der Waals surface area contributed by atoms with Gasteiger partial charge < -0.3 is 24.3 Å². The number of allylic oxidation sites excluding steroid dienone is 1. The summed E-state index contributed by atoms with van der Waals surface area (Å²) in [6.45, 7) is 7.26. The third-order valence-corrected chi connectivity index (χ3v) is 7.09. The van der Waals surface area contributed by atoms with E-state index in [0.717, 1.165) is 16.9 Å². The fraction of sp³-hybridized carbons (Fsp3) is 0.200. The Hall–Kier alpha value is -4.14. The van der Waals surface area contributed by atoms with Crippen molar-refractivity contribution in [1.82, 2.24) is 4.98 Å². The molecule has 0 atom stereocenters. The van der Waals surface area contributed by atoms with Crippen LogP contribution in [-0.2, 0) is 9.47 Å². The van der Waals surface area contributed by atoms with E-state index >= 15 is 0 Å². The number of nitriles is 1. The van der Waals surface area contributed by atoms with E-state index in [9.17, 15) is 14.9 Å². The lowest BCUT2D eigenvalue weighted by molar-refractivity contribution is 0.0527. The van der Waals surface area contributed by atoms with Crippen LogP contribution in [-0.4, -0.2) is 36.9 Å². The van der Waals surface area contributed by atoms with Crippen LogP contribution in [0.25, 0.3) is 16.8 Å². The van der Waals surface area contributed by atoms with Crippen molar-refractivity contribution in [3.05, 3.63) is 63.4 Å². The minimum atomic E-state index is -0.581. The molecule has 0 amide bonds. The van der Waals surface area contributed by atoms with E-state index in [1.165, 1.54) is 23.6 Å². The second-order valence-electron chi connectivity index (χ2n) is 7.29. The third-order valence-electron chi connectivity index (χ3n) is 5.01. The topological polar surface area (TPSA) is 120 Å². The maximum absolute atomic E-state index is 12.6. The quantitative estimate of drug-likeness (QED) is 0.223. The molecule has 1 aliphatic rings. The summed E-state index contributed by atoms with van der Waals surface area (Å²) >= 11 is 2.34. The van der Waals surface area contributed by atoms with Gasteiger partial charge >= 0.3 is 11.9 Å². The number of nitrogens with zero attached hydrogens (tertiary/aromatic N) is 2. The van der Waals surface area contributed by atoms with Crippen LogP contribution >= 0.6 is 22.7 Å². The van der Waals surface area contributed by atoms with Crippen LogP contribution in [0.1, 0.15) is 37.5 Å². The predicted molar refractivity (Wildman–Crippen MR) is 136 cm³/mol. The van der Waals surface area contributed by atoms with Crippen LogP contribution in [0.5, 0.6) is 11.5 Å². The smallest absolute Gasteiger partial charge is 0.348 e. The molecule has 11 heteroatoms. The first-order valence-corrected chi connectivity index (χ1v) is 12.5. The zero-order valence-corrected chi connectivity index (χ0v) is 21.1. The highest BCUT2D eigenvalue weighted by Gasteiger charge is 2.26. The number of thiophene rings is 1. The van der Waals surface area contributed by atoms with Gasteiger partial charge in [-0.3, -0.25) is 0 Å². The molecule has 36 heavy (non-hydrogen) atoms. The van der Waals surface area contributed by atoms with Crippen molar-refractivity contribution in [2.75, 3.05) is 25.3 Å². The number of benzene rings is 1. The Kier molecular flexibility index (Phi) is 7.68. The first-order chi connectivity index (χ1) is 17.5. The van der Waals surface area contributed by atoms with Gasteiger partial charge in [-0.15, -0.1) is 22.7 Å². The SMILES string of the molecule is C=CCOC(=O)c1sc(N/C=C(/C#N)c2nc(-c3ccc4c(c3)OCO4)cs2)c(C(=O)OCC)c1C. The van der Waals surface area contributed by atoms with Crippen molar-refractivity contribution in [2.24, 2.45) is 0 Å². The van der Waals surface area contributed by atoms with Gasteiger partial charge in [-0.2, -0.15) is 5.26 Å². The van der Waals surface area contributed by atoms with E-state index in [2.05, 4.69) is 22.9 Å². The number of aromatic nitrogens is 1. The van der Waals surface area contributed by atoms with Crippen LogP contribution < -0.4 is 14.8 Å². The number of hydrogen-bond donors (Lipinski definition) is 1. The lowest BCUT2D eigenvalue weighted by atomic mass is 10.1. The van der Waals surface area contributed by atoms with Crippen molar-refractivity contribution < 1.29 is 28.5 Å². The zero-order valence-electron chi connectivity index (χ0n) is 19.5. The van der Waals surface area contributed by atoms with E-state index in [-0.39, 0.29) is 36.0 Å². The number of carbonyl (C=O) groups is 2. The molecule has 3 aromatic rings. The molecule has 1 N–H and O–H groups in total. The van der Waals surface area contributed by atoms with Crippen molar-refractivity contribution in [2.45, 2.75) is 13.8 Å². The predicted octanol–water partition coefficient (Wildman–Crippen LogP) is 5.40. The second-order valence-corrected chi connectivity index (χ2v) is 9.17. The molecule has 0 saturated carbocycles. The summed E-state index contributed by atoms with van der Waals surface area (Å²) in [6, 6.07) is 7.64. The average molecular weight is 524 g/mol. The zero-order chi connectivity index (χ0) is 25.7. The van der Waals surface area contributed by atoms with Crippen LogP contribution in [0.2, 0.25) is 0 Å². The number of fused-ring (bicyclic) bond motifs is 1. The number of nitrogens with one attached hydrogen (secondary N) is 1. The highest BCUT2D eigenvalue weighted by Crippen LogP contribution is 2.37. The highest BCUT2D eigenvalue weighted by atomic mass is 32.1. The Balaban J connectivity index is 1.62. The lowest BCUT2D eigenvalue weighted by Gasteiger charge is -2.05. The van der Waals surface area contributed by atoms with Gasteiger partial charge in [0.05, 0.1) is 17.9 Å². The largest absolute Gasteiger partial charge is 0.462 e. The molecule has 0 bridgehead atoms. The Labute approximate surface area is 215 Å². The van der Waals surface area contributed by atoms with Gasteiger partial charge in [-0.05, 0) is 37.6 Å². The highest BCUT2D eigenvalue weighted by molar-refractivity contribution is 7.18. The van der Waals surface area contributed by atoms with Crippen molar-refractivity contribution >= 4 is 45.2 Å². The summed E-state index contributed by atoms with van der Waals surface area (Å²) in [5.41, 5.74) is 2.40. The van der Waals surface area contributed by atoms with E-state index in [1.54, 1.807) is 13.8 Å². The molecule has 0 aliphatic carbocycles. The van der Waals surface area contributed by atoms with Gasteiger partial charge in [0.25, 0.3) is 0 Å². The second kappa shape index (κ2) is 11.1. The molecule has 2 aromatic heterocycles. The molecule has 1 aliphatic heterocycles. The van der Waals surface area contributed by atoms with E-state index in [4.69, 9.17) is 18.9 Å². The Morgan fingerprint density at radius 2 is 2.08 bits per heavy atom. The molecule has 0 unspecified atom stereocenters. The molecule has 4 rings (SSSR count). The first kappa shape index (κ1) is 25.0. The van der Waals surface area contributed by atoms with Crippen molar-refractivity contribution in [3.63, 3.8) is 0 Å². The number of anilines is 1. The maximum Gasteiger partial charge on any atom is 0.348 e. The minimum Gasteiger partial charge on any atom is -0.462 e. The van der Waals surface area contributed by atoms with Gasteiger partial charge in [0.15, 0.2) is 11.5 Å². The number of carbonyl (C=O) groups excluding carboxylic acids is 2. The minimum absolute atomic E-state index is 0.0436. The standard InChI is InChI=1S/C25H21N3O6S2/c1-4-8-32-25(30)21-14(3)20(24(29)31-5-2)23(36-21)27-11-16(10-26)22-28-17(12-35-22)15-6-7-18-19(9-15)34-13-33-18/h4,6-7,9,11-12,27H,1,5,8,13H2,2-3H3/b16-11-. The van der Waals surface area contributed by atoms with Crippen molar-refractivity contribution in [3.8, 4) is 28.8 Å². The van der Waals surface area contributed by atoms with Crippen LogP contribution in [0.4, 0.5) is 5.00 Å². The van der Waals surface area contributed by atoms with Gasteiger partial charge in [0.1, 0.15) is 33.1 Å². The average Bonchev–Trinajstić information content (AvgIpc) is 3.61. The molecule has 1 aromatic carbocycles. The molecule has 0 saturated heterocycles. The summed E-state index contributed by atoms with van der Waals surface area (Å²) in [4.78, 5) is 29.9. The fourth-order valence-electron chi connectivity index (χ4n) is 3.32. The third kappa shape index (κ3) is 5.10. The van der Waals surface area contributed by atoms with E-state index < -0.39 is 11.9 Å². The summed E-state index contributed by atoms with van der Waals surface area (Å²) in [5.74, 6) is 0.158. The van der Waals surface area contributed by atoms with E-state index in [0.29, 0.717) is 32.8 Å². The number of esters is 2. The number of hydrogen-bond acceptors (Lipinski definition) is 11. The van der Waals surface area contributed by atoms with Crippen LogP contribution in [0.3, 0.4) is 0 Å². The van der Waals surface area contributed by atoms with Gasteiger partial charge in [-0.1, -0.05) is 12.7 Å². The molecular formula is C25H21N3O6S2. The fourth-order valence-corrected chi connectivity index (χ4v) is 5.18. The van der Waals surface area contributed by atoms with Gasteiger partial charge in [0, 0.05) is 17.1 Å². The van der Waals surface area contributed by atoms with Gasteiger partial charge in [-0.25, -0.2) is 14.6 Å². The Bertz CT molecular complexity index is 1400. The van der Waals surface area contributed by atoms with E-state index in [1.807, 2.05) is 23.6 Å². The Morgan fingerprint density at radius 3 is 2.83 bits per heavy atom. The normalized spacial score (nSPS) is 12.1. The molecule has 9 nitrogen and oxygen atoms in total. The number of thiazole rings is 1. The molecule has 0 radical (unpaired) electrons. The monoisotopic (exact) mass is 523 g/mol. The first-order valence-electron chi connectivity index (χ1n) is 10.8. The van der Waals surface area contributed by atoms with Crippen LogP contribution in [0.15, 0.2) is 42.4 Å². The van der Waals surface area contributed by atoms with Crippen molar-refractivity contribution in [1.29, 1.82) is 5.26 Å². The molecule has 0 fully saturated rings. The van der Waals surface area contributed by atoms with Crippen LogP contribution in [0, 0.1) is 18.3 Å². The molecule has 3 heterocycles. The summed E-state index contributed by atoms with van der Waals surface area (Å²) in [7, 11) is 0. The number of ether oxygens (including phenoxy) is 4. The summed E-state index contributed by atoms with van der Waals surface area (Å²) in [5, 5.41) is 15.4. The Morgan fingerprint density at radius 1 is 1.28 bits per heavy atom. The summed E-state index contributed by atoms with van der Waals surface area (Å²) in [6.07, 6.45) is 2.91.